The van der Waals surface area contributed by atoms with Gasteiger partial charge in [0.25, 0.3) is 0 Å². The summed E-state index contributed by atoms with van der Waals surface area (Å²) >= 11 is 0. The van der Waals surface area contributed by atoms with E-state index in [4.69, 9.17) is 10.8 Å². The first-order valence-corrected chi connectivity index (χ1v) is 8.05. The van der Waals surface area contributed by atoms with E-state index < -0.39 is 5.97 Å². The maximum Gasteiger partial charge on any atom is 0.303 e. The normalized spacial score (nSPS) is 15.5. The van der Waals surface area contributed by atoms with Gasteiger partial charge in [-0.1, -0.05) is 0 Å². The van der Waals surface area contributed by atoms with Gasteiger partial charge in [-0.05, 0) is 37.8 Å². The number of aromatic nitrogens is 3. The smallest absolute Gasteiger partial charge is 0.303 e. The number of carboxylic acid groups (broad SMARTS) is 1. The number of hydrogen-bond donors (Lipinski definition) is 2. The van der Waals surface area contributed by atoms with Gasteiger partial charge in [-0.15, -0.1) is 0 Å². The van der Waals surface area contributed by atoms with Crippen molar-refractivity contribution >= 4 is 17.6 Å². The largest absolute Gasteiger partial charge is 0.481 e. The van der Waals surface area contributed by atoms with Crippen LogP contribution in [0.5, 0.6) is 0 Å². The summed E-state index contributed by atoms with van der Waals surface area (Å²) in [6.07, 6.45) is 5.26. The molecule has 2 aromatic rings. The standard InChI is InChI=1S/C17H21N5O2/c1-11-16(13-2-3-14(18)19-9-13)17(21-10-20-11)22-6-4-12(5-7-22)8-15(23)24/h2-3,9-10,12H,4-8H2,1H3,(H2,18,19)(H,23,24). The molecule has 1 saturated heterocycles. The Kier molecular flexibility index (Phi) is 4.59. The van der Waals surface area contributed by atoms with Crippen molar-refractivity contribution in [2.24, 2.45) is 5.92 Å². The van der Waals surface area contributed by atoms with E-state index in [1.807, 2.05) is 13.0 Å². The molecule has 3 N–H and O–H groups in total. The Morgan fingerprint density at radius 1 is 1.29 bits per heavy atom. The van der Waals surface area contributed by atoms with Gasteiger partial charge < -0.3 is 15.7 Å². The highest BCUT2D eigenvalue weighted by atomic mass is 16.4. The van der Waals surface area contributed by atoms with Crippen molar-refractivity contribution in [2.45, 2.75) is 26.2 Å². The van der Waals surface area contributed by atoms with Crippen LogP contribution in [-0.4, -0.2) is 39.1 Å². The Labute approximate surface area is 140 Å². The third-order valence-corrected chi connectivity index (χ3v) is 4.47. The molecule has 0 bridgehead atoms. The molecule has 126 valence electrons. The first kappa shape index (κ1) is 16.2. The van der Waals surface area contributed by atoms with Crippen molar-refractivity contribution in [1.29, 1.82) is 0 Å². The van der Waals surface area contributed by atoms with Gasteiger partial charge in [-0.2, -0.15) is 0 Å². The molecule has 0 radical (unpaired) electrons. The molecule has 7 heteroatoms. The monoisotopic (exact) mass is 327 g/mol. The number of rotatable bonds is 4. The molecule has 0 amide bonds. The number of piperidine rings is 1. The molecule has 3 rings (SSSR count). The number of nitrogen functional groups attached to an aromatic ring is 1. The SMILES string of the molecule is Cc1ncnc(N2CCC(CC(=O)O)CC2)c1-c1ccc(N)nc1. The maximum absolute atomic E-state index is 10.9. The molecule has 0 aliphatic carbocycles. The quantitative estimate of drug-likeness (QED) is 0.886. The van der Waals surface area contributed by atoms with Crippen molar-refractivity contribution in [2.75, 3.05) is 23.7 Å². The van der Waals surface area contributed by atoms with Crippen LogP contribution in [0.25, 0.3) is 11.1 Å². The lowest BCUT2D eigenvalue weighted by Gasteiger charge is -2.33. The van der Waals surface area contributed by atoms with Crippen LogP contribution in [0.1, 0.15) is 25.0 Å². The topological polar surface area (TPSA) is 105 Å². The second-order valence-corrected chi connectivity index (χ2v) is 6.16. The lowest BCUT2D eigenvalue weighted by Crippen LogP contribution is -2.35. The van der Waals surface area contributed by atoms with Crippen LogP contribution in [0.3, 0.4) is 0 Å². The van der Waals surface area contributed by atoms with Crippen molar-refractivity contribution in [3.8, 4) is 11.1 Å². The molecular formula is C17H21N5O2. The molecule has 0 saturated carbocycles. The van der Waals surface area contributed by atoms with Crippen molar-refractivity contribution in [3.63, 3.8) is 0 Å². The molecule has 2 aromatic heterocycles. The van der Waals surface area contributed by atoms with Crippen LogP contribution < -0.4 is 10.6 Å². The van der Waals surface area contributed by atoms with Crippen LogP contribution in [-0.2, 0) is 4.79 Å². The molecule has 0 atom stereocenters. The van der Waals surface area contributed by atoms with Crippen molar-refractivity contribution < 1.29 is 9.90 Å². The number of hydrogen-bond acceptors (Lipinski definition) is 6. The molecule has 1 fully saturated rings. The van der Waals surface area contributed by atoms with Crippen molar-refractivity contribution in [1.82, 2.24) is 15.0 Å². The van der Waals surface area contributed by atoms with E-state index in [1.54, 1.807) is 18.6 Å². The number of aryl methyl sites for hydroxylation is 1. The summed E-state index contributed by atoms with van der Waals surface area (Å²) in [4.78, 5) is 26.1. The van der Waals surface area contributed by atoms with Gasteiger partial charge in [0.05, 0.1) is 5.69 Å². The van der Waals surface area contributed by atoms with E-state index in [2.05, 4.69) is 19.9 Å². The van der Waals surface area contributed by atoms with Crippen LogP contribution in [0, 0.1) is 12.8 Å². The second kappa shape index (κ2) is 6.82. The molecule has 0 spiro atoms. The summed E-state index contributed by atoms with van der Waals surface area (Å²) in [5.74, 6) is 0.871. The predicted octanol–water partition coefficient (Wildman–Crippen LogP) is 2.12. The first-order valence-electron chi connectivity index (χ1n) is 8.05. The Hall–Kier alpha value is -2.70. The highest BCUT2D eigenvalue weighted by Gasteiger charge is 2.24. The highest BCUT2D eigenvalue weighted by Crippen LogP contribution is 2.33. The number of nitrogens with two attached hydrogens (primary N) is 1. The zero-order valence-electron chi connectivity index (χ0n) is 13.6. The zero-order valence-corrected chi connectivity index (χ0v) is 13.6. The van der Waals surface area contributed by atoms with Gasteiger partial charge in [-0.3, -0.25) is 4.79 Å². The van der Waals surface area contributed by atoms with Gasteiger partial charge >= 0.3 is 5.97 Å². The van der Waals surface area contributed by atoms with Gasteiger partial charge in [0.2, 0.25) is 0 Å². The van der Waals surface area contributed by atoms with Crippen LogP contribution >= 0.6 is 0 Å². The Morgan fingerprint density at radius 2 is 2.04 bits per heavy atom. The van der Waals surface area contributed by atoms with Gasteiger partial charge in [0.15, 0.2) is 0 Å². The number of pyridine rings is 1. The van der Waals surface area contributed by atoms with Crippen LogP contribution in [0.4, 0.5) is 11.6 Å². The molecule has 3 heterocycles. The van der Waals surface area contributed by atoms with Gasteiger partial charge in [-0.25, -0.2) is 15.0 Å². The fourth-order valence-corrected chi connectivity index (χ4v) is 3.19. The lowest BCUT2D eigenvalue weighted by molar-refractivity contribution is -0.138. The summed E-state index contributed by atoms with van der Waals surface area (Å²) in [5, 5.41) is 8.95. The number of carbonyl (C=O) groups is 1. The molecule has 0 aromatic carbocycles. The number of aliphatic carboxylic acids is 1. The first-order chi connectivity index (χ1) is 11.5. The maximum atomic E-state index is 10.9. The van der Waals surface area contributed by atoms with E-state index in [0.29, 0.717) is 5.82 Å². The van der Waals surface area contributed by atoms with E-state index in [1.165, 1.54) is 0 Å². The minimum atomic E-state index is -0.722. The van der Waals surface area contributed by atoms with Crippen molar-refractivity contribution in [3.05, 3.63) is 30.4 Å². The Morgan fingerprint density at radius 3 is 2.67 bits per heavy atom. The van der Waals surface area contributed by atoms with E-state index >= 15 is 0 Å². The summed E-state index contributed by atoms with van der Waals surface area (Å²) in [6, 6.07) is 3.69. The lowest BCUT2D eigenvalue weighted by atomic mass is 9.93. The Bertz CT molecular complexity index is 724. The fraction of sp³-hybridized carbons (Fsp3) is 0.412. The zero-order chi connectivity index (χ0) is 17.1. The molecular weight excluding hydrogens is 306 g/mol. The Balaban J connectivity index is 1.86. The second-order valence-electron chi connectivity index (χ2n) is 6.16. The van der Waals surface area contributed by atoms with Crippen LogP contribution in [0.15, 0.2) is 24.7 Å². The molecule has 0 unspecified atom stereocenters. The number of nitrogens with zero attached hydrogens (tertiary/aromatic N) is 4. The predicted molar refractivity (Wildman–Crippen MR) is 91.6 cm³/mol. The third-order valence-electron chi connectivity index (χ3n) is 4.47. The van der Waals surface area contributed by atoms with E-state index in [9.17, 15) is 4.79 Å². The van der Waals surface area contributed by atoms with E-state index in [-0.39, 0.29) is 12.3 Å². The molecule has 7 nitrogen and oxygen atoms in total. The highest BCUT2D eigenvalue weighted by molar-refractivity contribution is 5.77. The van der Waals surface area contributed by atoms with Crippen LogP contribution in [0.2, 0.25) is 0 Å². The fourth-order valence-electron chi connectivity index (χ4n) is 3.19. The summed E-state index contributed by atoms with van der Waals surface area (Å²) in [5.41, 5.74) is 8.46. The van der Waals surface area contributed by atoms with Gasteiger partial charge in [0.1, 0.15) is 18.0 Å². The molecule has 1 aliphatic rings. The molecule has 1 aliphatic heterocycles. The average molecular weight is 327 g/mol. The number of carboxylic acids is 1. The minimum Gasteiger partial charge on any atom is -0.481 e. The third kappa shape index (κ3) is 3.45. The average Bonchev–Trinajstić information content (AvgIpc) is 2.56. The molecule has 24 heavy (non-hydrogen) atoms. The van der Waals surface area contributed by atoms with Gasteiger partial charge in [0, 0.05) is 36.8 Å². The number of anilines is 2. The summed E-state index contributed by atoms with van der Waals surface area (Å²) in [6.45, 7) is 3.54. The summed E-state index contributed by atoms with van der Waals surface area (Å²) < 4.78 is 0. The minimum absolute atomic E-state index is 0.239. The summed E-state index contributed by atoms with van der Waals surface area (Å²) in [7, 11) is 0. The van der Waals surface area contributed by atoms with E-state index in [0.717, 1.165) is 48.6 Å².